The van der Waals surface area contributed by atoms with E-state index in [1.54, 1.807) is 0 Å². The first-order chi connectivity index (χ1) is 8.47. The maximum Gasteiger partial charge on any atom is 0.286 e. The number of nitrogen functional groups attached to an aromatic ring is 1. The fourth-order valence-corrected chi connectivity index (χ4v) is 2.26. The highest BCUT2D eigenvalue weighted by Crippen LogP contribution is 2.25. The Hall–Kier alpha value is -1.47. The molecule has 7 heteroatoms. The number of amides is 1. The van der Waals surface area contributed by atoms with Crippen molar-refractivity contribution in [2.75, 3.05) is 11.1 Å². The number of nitrogens with two attached hydrogens (primary N) is 1. The predicted octanol–water partition coefficient (Wildman–Crippen LogP) is 2.75. The molecule has 94 valence electrons. The summed E-state index contributed by atoms with van der Waals surface area (Å²) in [5.41, 5.74) is 8.28. The second-order valence-electron chi connectivity index (χ2n) is 3.82. The molecule has 0 saturated carbocycles. The van der Waals surface area contributed by atoms with E-state index in [2.05, 4.69) is 31.4 Å². The minimum atomic E-state index is -0.301. The van der Waals surface area contributed by atoms with Crippen LogP contribution in [0, 0.1) is 13.8 Å². The van der Waals surface area contributed by atoms with Gasteiger partial charge in [0, 0.05) is 10.2 Å². The number of hydrogen-bond donors (Lipinski definition) is 2. The number of carbonyl (C=O) groups excluding carboxylic acids is 1. The zero-order valence-corrected chi connectivity index (χ0v) is 12.2. The van der Waals surface area contributed by atoms with E-state index < -0.39 is 0 Å². The molecule has 2 aromatic rings. The van der Waals surface area contributed by atoms with Crippen molar-refractivity contribution in [3.05, 3.63) is 32.7 Å². The molecule has 0 aliphatic rings. The molecule has 0 bridgehead atoms. The lowest BCUT2D eigenvalue weighted by Gasteiger charge is -2.08. The van der Waals surface area contributed by atoms with Gasteiger partial charge in [0.25, 0.3) is 5.91 Å². The summed E-state index contributed by atoms with van der Waals surface area (Å²) >= 11 is 4.54. The van der Waals surface area contributed by atoms with Gasteiger partial charge in [-0.05, 0) is 37.1 Å². The summed E-state index contributed by atoms with van der Waals surface area (Å²) in [5, 5.41) is 10.6. The molecule has 3 N–H and O–H groups in total. The Morgan fingerprint density at radius 1 is 1.33 bits per heavy atom. The summed E-state index contributed by atoms with van der Waals surface area (Å²) in [5.74, 6) is -0.301. The Morgan fingerprint density at radius 3 is 2.44 bits per heavy atom. The number of nitrogens with zero attached hydrogens (tertiary/aromatic N) is 2. The van der Waals surface area contributed by atoms with E-state index in [9.17, 15) is 4.79 Å². The van der Waals surface area contributed by atoms with Crippen molar-refractivity contribution in [3.63, 3.8) is 0 Å². The van der Waals surface area contributed by atoms with Crippen LogP contribution >= 0.6 is 27.3 Å². The maximum absolute atomic E-state index is 11.9. The Bertz CT molecular complexity index is 588. The summed E-state index contributed by atoms with van der Waals surface area (Å²) < 4.78 is 1.04. The van der Waals surface area contributed by atoms with Gasteiger partial charge in [0.15, 0.2) is 0 Å². The van der Waals surface area contributed by atoms with E-state index in [1.165, 1.54) is 0 Å². The summed E-state index contributed by atoms with van der Waals surface area (Å²) in [7, 11) is 0. The fraction of sp³-hybridized carbons (Fsp3) is 0.182. The molecular weight excluding hydrogens is 316 g/mol. The summed E-state index contributed by atoms with van der Waals surface area (Å²) in [4.78, 5) is 11.9. The Balaban J connectivity index is 2.22. The van der Waals surface area contributed by atoms with Crippen LogP contribution in [0.3, 0.4) is 0 Å². The van der Waals surface area contributed by atoms with E-state index >= 15 is 0 Å². The van der Waals surface area contributed by atoms with Gasteiger partial charge in [0.2, 0.25) is 10.1 Å². The first-order valence-corrected chi connectivity index (χ1v) is 6.75. The molecule has 1 heterocycles. The third kappa shape index (κ3) is 2.68. The second-order valence-corrected chi connectivity index (χ2v) is 5.63. The van der Waals surface area contributed by atoms with Crippen molar-refractivity contribution in [1.29, 1.82) is 0 Å². The SMILES string of the molecule is Cc1cc(NC(=O)c2nnc(N)s2)cc(C)c1Br. The zero-order chi connectivity index (χ0) is 13.3. The molecule has 0 saturated heterocycles. The first-order valence-electron chi connectivity index (χ1n) is 5.14. The Labute approximate surface area is 117 Å². The van der Waals surface area contributed by atoms with E-state index in [-0.39, 0.29) is 16.0 Å². The van der Waals surface area contributed by atoms with Gasteiger partial charge in [-0.15, -0.1) is 10.2 Å². The highest BCUT2D eigenvalue weighted by molar-refractivity contribution is 9.10. The molecule has 5 nitrogen and oxygen atoms in total. The van der Waals surface area contributed by atoms with Crippen molar-refractivity contribution in [1.82, 2.24) is 10.2 Å². The molecule has 1 amide bonds. The van der Waals surface area contributed by atoms with Crippen LogP contribution < -0.4 is 11.1 Å². The Kier molecular flexibility index (Phi) is 3.63. The van der Waals surface area contributed by atoms with E-state index in [1.807, 2.05) is 26.0 Å². The lowest BCUT2D eigenvalue weighted by molar-refractivity contribution is 0.102. The van der Waals surface area contributed by atoms with Crippen LogP contribution in [0.2, 0.25) is 0 Å². The molecule has 1 aromatic carbocycles. The largest absolute Gasteiger partial charge is 0.374 e. The van der Waals surface area contributed by atoms with E-state index in [0.717, 1.165) is 32.6 Å². The van der Waals surface area contributed by atoms with Gasteiger partial charge in [-0.3, -0.25) is 4.79 Å². The third-order valence-electron chi connectivity index (χ3n) is 2.33. The van der Waals surface area contributed by atoms with E-state index in [0.29, 0.717) is 0 Å². The number of nitrogens with one attached hydrogen (secondary N) is 1. The molecule has 2 rings (SSSR count). The number of rotatable bonds is 2. The smallest absolute Gasteiger partial charge is 0.286 e. The number of hydrogen-bond acceptors (Lipinski definition) is 5. The lowest BCUT2D eigenvalue weighted by atomic mass is 10.1. The van der Waals surface area contributed by atoms with Crippen LogP contribution in [-0.4, -0.2) is 16.1 Å². The summed E-state index contributed by atoms with van der Waals surface area (Å²) in [6.45, 7) is 3.94. The molecule has 0 radical (unpaired) electrons. The normalized spacial score (nSPS) is 10.4. The standard InChI is InChI=1S/C11H11BrN4OS/c1-5-3-7(4-6(2)8(5)12)14-9(17)10-15-16-11(13)18-10/h3-4H,1-2H3,(H2,13,16)(H,14,17). The summed E-state index contributed by atoms with van der Waals surface area (Å²) in [6, 6.07) is 3.78. The maximum atomic E-state index is 11.9. The predicted molar refractivity (Wildman–Crippen MR) is 75.9 cm³/mol. The van der Waals surface area contributed by atoms with Gasteiger partial charge >= 0.3 is 0 Å². The number of carbonyl (C=O) groups is 1. The lowest BCUT2D eigenvalue weighted by Crippen LogP contribution is -2.12. The van der Waals surface area contributed by atoms with Gasteiger partial charge in [0.05, 0.1) is 0 Å². The van der Waals surface area contributed by atoms with Crippen molar-refractivity contribution in [2.45, 2.75) is 13.8 Å². The zero-order valence-electron chi connectivity index (χ0n) is 9.82. The number of anilines is 2. The van der Waals surface area contributed by atoms with Gasteiger partial charge in [-0.25, -0.2) is 0 Å². The van der Waals surface area contributed by atoms with Crippen LogP contribution in [0.1, 0.15) is 20.9 Å². The second kappa shape index (κ2) is 5.03. The van der Waals surface area contributed by atoms with Gasteiger partial charge in [-0.1, -0.05) is 27.3 Å². The van der Waals surface area contributed by atoms with Crippen LogP contribution in [-0.2, 0) is 0 Å². The average Bonchev–Trinajstić information content (AvgIpc) is 2.72. The van der Waals surface area contributed by atoms with Crippen LogP contribution in [0.25, 0.3) is 0 Å². The molecule has 0 unspecified atom stereocenters. The van der Waals surface area contributed by atoms with Crippen LogP contribution in [0.4, 0.5) is 10.8 Å². The number of aromatic nitrogens is 2. The molecule has 0 aliphatic carbocycles. The quantitative estimate of drug-likeness (QED) is 0.889. The van der Waals surface area contributed by atoms with Crippen LogP contribution in [0.15, 0.2) is 16.6 Å². The van der Waals surface area contributed by atoms with Gasteiger partial charge < -0.3 is 11.1 Å². The van der Waals surface area contributed by atoms with Crippen molar-refractivity contribution >= 4 is 44.0 Å². The third-order valence-corrected chi connectivity index (χ3v) is 4.33. The molecule has 0 atom stereocenters. The van der Waals surface area contributed by atoms with Crippen molar-refractivity contribution in [3.8, 4) is 0 Å². The molecule has 1 aromatic heterocycles. The molecule has 0 fully saturated rings. The monoisotopic (exact) mass is 326 g/mol. The highest BCUT2D eigenvalue weighted by atomic mass is 79.9. The highest BCUT2D eigenvalue weighted by Gasteiger charge is 2.12. The number of halogens is 1. The number of benzene rings is 1. The fourth-order valence-electron chi connectivity index (χ4n) is 1.53. The minimum absolute atomic E-state index is 0.255. The molecule has 18 heavy (non-hydrogen) atoms. The van der Waals surface area contributed by atoms with E-state index in [4.69, 9.17) is 5.73 Å². The van der Waals surface area contributed by atoms with Crippen molar-refractivity contribution in [2.24, 2.45) is 0 Å². The van der Waals surface area contributed by atoms with Gasteiger partial charge in [-0.2, -0.15) is 0 Å². The average molecular weight is 327 g/mol. The molecular formula is C11H11BrN4OS. The topological polar surface area (TPSA) is 80.9 Å². The van der Waals surface area contributed by atoms with Crippen molar-refractivity contribution < 1.29 is 4.79 Å². The first kappa shape index (κ1) is 13.0. The molecule has 0 aliphatic heterocycles. The minimum Gasteiger partial charge on any atom is -0.374 e. The number of aryl methyl sites for hydroxylation is 2. The molecule has 0 spiro atoms. The Morgan fingerprint density at radius 2 is 1.94 bits per heavy atom. The van der Waals surface area contributed by atoms with Gasteiger partial charge in [0.1, 0.15) is 0 Å². The summed E-state index contributed by atoms with van der Waals surface area (Å²) in [6.07, 6.45) is 0. The van der Waals surface area contributed by atoms with Crippen LogP contribution in [0.5, 0.6) is 0 Å².